The second kappa shape index (κ2) is 5.29. The van der Waals surface area contributed by atoms with Gasteiger partial charge >= 0.3 is 0 Å². The summed E-state index contributed by atoms with van der Waals surface area (Å²) < 4.78 is 11.5. The summed E-state index contributed by atoms with van der Waals surface area (Å²) in [5, 5.41) is 9.32. The first-order chi connectivity index (χ1) is 8.67. The maximum Gasteiger partial charge on any atom is 0.133 e. The third-order valence-corrected chi connectivity index (χ3v) is 4.30. The molecule has 2 rings (SSSR count). The maximum atomic E-state index is 9.32. The average Bonchev–Trinajstić information content (AvgIpc) is 2.33. The van der Waals surface area contributed by atoms with Crippen molar-refractivity contribution in [2.45, 2.75) is 18.8 Å². The van der Waals surface area contributed by atoms with Crippen LogP contribution in [0.1, 0.15) is 18.9 Å². The van der Waals surface area contributed by atoms with E-state index >= 15 is 0 Å². The number of nitrogens with zero attached hydrogens (tertiary/aromatic N) is 1. The number of hydrogen-bond donors (Lipinski definition) is 0. The first kappa shape index (κ1) is 13.4. The van der Waals surface area contributed by atoms with Crippen molar-refractivity contribution in [3.63, 3.8) is 0 Å². The monoisotopic (exact) mass is 309 g/mol. The van der Waals surface area contributed by atoms with Gasteiger partial charge in [0.2, 0.25) is 0 Å². The minimum Gasteiger partial charge on any atom is -0.496 e. The number of ether oxygens (including phenoxy) is 2. The number of methoxy groups -OCH3 is 1. The number of halogens is 1. The van der Waals surface area contributed by atoms with E-state index in [4.69, 9.17) is 9.47 Å². The van der Waals surface area contributed by atoms with Crippen LogP contribution in [-0.2, 0) is 10.2 Å². The topological polar surface area (TPSA) is 42.2 Å². The number of rotatable bonds is 4. The van der Waals surface area contributed by atoms with Crippen molar-refractivity contribution in [2.75, 3.05) is 20.3 Å². The van der Waals surface area contributed by atoms with Crippen molar-refractivity contribution < 1.29 is 9.47 Å². The molecule has 0 bridgehead atoms. The lowest BCUT2D eigenvalue weighted by molar-refractivity contribution is -0.0805. The summed E-state index contributed by atoms with van der Waals surface area (Å²) >= 11 is 3.50. The number of hydrogen-bond acceptors (Lipinski definition) is 3. The first-order valence-corrected chi connectivity index (χ1v) is 6.78. The summed E-state index contributed by atoms with van der Waals surface area (Å²) in [6, 6.07) is 8.43. The van der Waals surface area contributed by atoms with Crippen LogP contribution in [0.15, 0.2) is 22.7 Å². The molecular formula is C14H16BrNO2. The van der Waals surface area contributed by atoms with Gasteiger partial charge in [0.05, 0.1) is 42.2 Å². The van der Waals surface area contributed by atoms with Crippen LogP contribution < -0.4 is 4.74 Å². The van der Waals surface area contributed by atoms with Crippen LogP contribution in [0.3, 0.4) is 0 Å². The molecule has 0 N–H and O–H groups in total. The van der Waals surface area contributed by atoms with Crippen molar-refractivity contribution in [3.05, 3.63) is 28.2 Å². The van der Waals surface area contributed by atoms with E-state index in [1.54, 1.807) is 7.11 Å². The molecule has 0 radical (unpaired) electrons. The van der Waals surface area contributed by atoms with Crippen LogP contribution in [0.2, 0.25) is 0 Å². The van der Waals surface area contributed by atoms with E-state index in [1.165, 1.54) is 0 Å². The highest BCUT2D eigenvalue weighted by Gasteiger charge is 2.46. The molecule has 0 aliphatic carbocycles. The molecule has 1 heterocycles. The van der Waals surface area contributed by atoms with Crippen LogP contribution in [-0.4, -0.2) is 20.3 Å². The highest BCUT2D eigenvalue weighted by atomic mass is 79.9. The third kappa shape index (κ3) is 2.02. The zero-order valence-electron chi connectivity index (χ0n) is 10.6. The second-order valence-corrected chi connectivity index (χ2v) is 5.44. The lowest BCUT2D eigenvalue weighted by Gasteiger charge is -2.45. The molecule has 1 aromatic rings. The Morgan fingerprint density at radius 1 is 1.56 bits per heavy atom. The Labute approximate surface area is 116 Å². The molecular weight excluding hydrogens is 294 g/mol. The minimum atomic E-state index is -0.154. The zero-order valence-corrected chi connectivity index (χ0v) is 12.2. The highest BCUT2D eigenvalue weighted by molar-refractivity contribution is 9.10. The molecule has 4 heteroatoms. The molecule has 18 heavy (non-hydrogen) atoms. The first-order valence-electron chi connectivity index (χ1n) is 5.99. The van der Waals surface area contributed by atoms with Gasteiger partial charge in [-0.05, 0) is 40.0 Å². The van der Waals surface area contributed by atoms with Gasteiger partial charge in [-0.25, -0.2) is 0 Å². The van der Waals surface area contributed by atoms with Crippen LogP contribution >= 0.6 is 15.9 Å². The Kier molecular flexibility index (Phi) is 3.94. The molecule has 1 fully saturated rings. The quantitative estimate of drug-likeness (QED) is 0.857. The third-order valence-electron chi connectivity index (χ3n) is 3.68. The highest BCUT2D eigenvalue weighted by Crippen LogP contribution is 2.42. The second-order valence-electron chi connectivity index (χ2n) is 4.59. The summed E-state index contributed by atoms with van der Waals surface area (Å²) in [7, 11) is 1.64. The van der Waals surface area contributed by atoms with E-state index in [2.05, 4.69) is 22.0 Å². The standard InChI is InChI=1S/C14H16BrNO2/c1-3-10(7-16)14(8-18-9-14)11-4-5-13(17-2)12(15)6-11/h4-6,10H,3,8-9H2,1-2H3. The van der Waals surface area contributed by atoms with Gasteiger partial charge in [0.15, 0.2) is 0 Å². The Morgan fingerprint density at radius 3 is 2.67 bits per heavy atom. The Bertz CT molecular complexity index is 477. The van der Waals surface area contributed by atoms with Crippen molar-refractivity contribution in [1.82, 2.24) is 0 Å². The van der Waals surface area contributed by atoms with E-state index in [-0.39, 0.29) is 11.3 Å². The van der Waals surface area contributed by atoms with Gasteiger partial charge in [-0.15, -0.1) is 0 Å². The van der Waals surface area contributed by atoms with Gasteiger partial charge in [0, 0.05) is 0 Å². The van der Waals surface area contributed by atoms with Crippen LogP contribution in [0.5, 0.6) is 5.75 Å². The number of benzene rings is 1. The van der Waals surface area contributed by atoms with Gasteiger partial charge in [0.1, 0.15) is 5.75 Å². The lowest BCUT2D eigenvalue weighted by Crippen LogP contribution is -2.51. The molecule has 0 aromatic heterocycles. The maximum absolute atomic E-state index is 9.32. The van der Waals surface area contributed by atoms with E-state index in [9.17, 15) is 5.26 Å². The van der Waals surface area contributed by atoms with Crippen molar-refractivity contribution in [2.24, 2.45) is 5.92 Å². The molecule has 1 aromatic carbocycles. The molecule has 0 amide bonds. The van der Waals surface area contributed by atoms with Gasteiger partial charge in [0.25, 0.3) is 0 Å². The van der Waals surface area contributed by atoms with Crippen molar-refractivity contribution >= 4 is 15.9 Å². The van der Waals surface area contributed by atoms with Gasteiger partial charge in [-0.1, -0.05) is 13.0 Å². The normalized spacial score (nSPS) is 18.6. The fourth-order valence-electron chi connectivity index (χ4n) is 2.47. The Balaban J connectivity index is 2.39. The van der Waals surface area contributed by atoms with E-state index < -0.39 is 0 Å². The molecule has 1 atom stereocenters. The molecule has 0 saturated carbocycles. The smallest absolute Gasteiger partial charge is 0.133 e. The summed E-state index contributed by atoms with van der Waals surface area (Å²) in [5.41, 5.74) is 0.994. The Hall–Kier alpha value is -1.05. The van der Waals surface area contributed by atoms with Gasteiger partial charge in [-0.3, -0.25) is 0 Å². The van der Waals surface area contributed by atoms with E-state index in [1.807, 2.05) is 25.1 Å². The molecule has 1 aliphatic heterocycles. The molecule has 1 unspecified atom stereocenters. The lowest BCUT2D eigenvalue weighted by atomic mass is 9.68. The van der Waals surface area contributed by atoms with Crippen LogP contribution in [0.4, 0.5) is 0 Å². The minimum absolute atomic E-state index is 0.00783. The average molecular weight is 310 g/mol. The molecule has 96 valence electrons. The number of nitriles is 1. The molecule has 0 spiro atoms. The summed E-state index contributed by atoms with van der Waals surface area (Å²) in [5.74, 6) is 0.797. The van der Waals surface area contributed by atoms with E-state index in [0.29, 0.717) is 13.2 Å². The predicted octanol–water partition coefficient (Wildman–Crippen LogP) is 3.28. The largest absolute Gasteiger partial charge is 0.496 e. The molecule has 3 nitrogen and oxygen atoms in total. The zero-order chi connectivity index (χ0) is 13.2. The van der Waals surface area contributed by atoms with Crippen LogP contribution in [0.25, 0.3) is 0 Å². The Morgan fingerprint density at radius 2 is 2.28 bits per heavy atom. The van der Waals surface area contributed by atoms with Crippen LogP contribution in [0, 0.1) is 17.2 Å². The summed E-state index contributed by atoms with van der Waals surface area (Å²) in [6.07, 6.45) is 0.837. The molecule has 1 aliphatic rings. The summed E-state index contributed by atoms with van der Waals surface area (Å²) in [6.45, 7) is 3.29. The summed E-state index contributed by atoms with van der Waals surface area (Å²) in [4.78, 5) is 0. The van der Waals surface area contributed by atoms with Crippen molar-refractivity contribution in [3.8, 4) is 11.8 Å². The fourth-order valence-corrected chi connectivity index (χ4v) is 3.01. The molecule has 1 saturated heterocycles. The predicted molar refractivity (Wildman–Crippen MR) is 72.6 cm³/mol. The van der Waals surface area contributed by atoms with Gasteiger partial charge in [-0.2, -0.15) is 5.26 Å². The van der Waals surface area contributed by atoms with Gasteiger partial charge < -0.3 is 9.47 Å². The fraction of sp³-hybridized carbons (Fsp3) is 0.500. The van der Waals surface area contributed by atoms with E-state index in [0.717, 1.165) is 22.2 Å². The SMILES string of the molecule is CCC(C#N)C1(c2ccc(OC)c(Br)c2)COC1. The van der Waals surface area contributed by atoms with Crippen molar-refractivity contribution in [1.29, 1.82) is 5.26 Å².